The Kier molecular flexibility index (Phi) is 4.79. The number of carbonyl (C=O) groups excluding carboxylic acids is 1. The summed E-state index contributed by atoms with van der Waals surface area (Å²) in [5, 5.41) is 1.01. The summed E-state index contributed by atoms with van der Waals surface area (Å²) in [4.78, 5) is 23.2. The number of amides is 1. The van der Waals surface area contributed by atoms with Gasteiger partial charge >= 0.3 is 0 Å². The number of fused-ring (bicyclic) bond motifs is 1. The average molecular weight is 367 g/mol. The lowest BCUT2D eigenvalue weighted by molar-refractivity contribution is -0.131. The highest BCUT2D eigenvalue weighted by molar-refractivity contribution is 5.79. The van der Waals surface area contributed by atoms with Crippen molar-refractivity contribution in [3.8, 4) is 0 Å². The van der Waals surface area contributed by atoms with Crippen LogP contribution < -0.4 is 0 Å². The Morgan fingerprint density at radius 2 is 1.93 bits per heavy atom. The Hall–Kier alpha value is -2.89. The van der Waals surface area contributed by atoms with E-state index in [-0.39, 0.29) is 23.8 Å². The number of benzene rings is 1. The predicted octanol–water partition coefficient (Wildman–Crippen LogP) is 3.86. The van der Waals surface area contributed by atoms with Crippen LogP contribution in [0.5, 0.6) is 0 Å². The van der Waals surface area contributed by atoms with Crippen LogP contribution in [0.3, 0.4) is 0 Å². The van der Waals surface area contributed by atoms with Gasteiger partial charge in [-0.15, -0.1) is 0 Å². The molecular formula is C21H19F2N3O. The van der Waals surface area contributed by atoms with Gasteiger partial charge in [-0.05, 0) is 48.7 Å². The molecule has 27 heavy (non-hydrogen) atoms. The summed E-state index contributed by atoms with van der Waals surface area (Å²) < 4.78 is 26.8. The van der Waals surface area contributed by atoms with Crippen LogP contribution in [0, 0.1) is 11.6 Å². The van der Waals surface area contributed by atoms with E-state index in [4.69, 9.17) is 0 Å². The lowest BCUT2D eigenvalue weighted by atomic mass is 9.92. The van der Waals surface area contributed by atoms with Crippen LogP contribution in [0.15, 0.2) is 48.7 Å². The number of rotatable bonds is 3. The van der Waals surface area contributed by atoms with Gasteiger partial charge in [0.05, 0.1) is 6.42 Å². The molecule has 4 rings (SSSR count). The van der Waals surface area contributed by atoms with Gasteiger partial charge in [-0.2, -0.15) is 0 Å². The van der Waals surface area contributed by atoms with Gasteiger partial charge in [-0.1, -0.05) is 6.07 Å². The number of nitrogens with zero attached hydrogens (tertiary/aromatic N) is 3. The molecule has 1 aromatic carbocycles. The summed E-state index contributed by atoms with van der Waals surface area (Å²) in [7, 11) is 0. The van der Waals surface area contributed by atoms with Crippen molar-refractivity contribution in [3.63, 3.8) is 0 Å². The van der Waals surface area contributed by atoms with E-state index in [0.29, 0.717) is 13.1 Å². The van der Waals surface area contributed by atoms with E-state index in [1.165, 1.54) is 12.1 Å². The molecule has 6 heteroatoms. The Morgan fingerprint density at radius 1 is 1.11 bits per heavy atom. The van der Waals surface area contributed by atoms with Gasteiger partial charge in [0, 0.05) is 42.4 Å². The highest BCUT2D eigenvalue weighted by Crippen LogP contribution is 2.28. The van der Waals surface area contributed by atoms with Crippen molar-refractivity contribution >= 4 is 16.9 Å². The molecule has 0 saturated carbocycles. The summed E-state index contributed by atoms with van der Waals surface area (Å²) in [5.41, 5.74) is 1.96. The summed E-state index contributed by atoms with van der Waals surface area (Å²) in [6.45, 7) is 1.21. The zero-order chi connectivity index (χ0) is 18.8. The van der Waals surface area contributed by atoms with Gasteiger partial charge in [-0.3, -0.25) is 4.79 Å². The van der Waals surface area contributed by atoms with Crippen LogP contribution in [0.2, 0.25) is 0 Å². The smallest absolute Gasteiger partial charge is 0.227 e. The molecule has 0 unspecified atom stereocenters. The number of piperidine rings is 1. The highest BCUT2D eigenvalue weighted by atomic mass is 19.1. The monoisotopic (exact) mass is 367 g/mol. The molecule has 0 N–H and O–H groups in total. The van der Waals surface area contributed by atoms with Gasteiger partial charge in [0.15, 0.2) is 5.65 Å². The molecule has 1 aliphatic rings. The first-order valence-electron chi connectivity index (χ1n) is 9.03. The SMILES string of the molecule is O=C(Cc1ccc(F)cc1F)N1CCC(c2ccc3cccnc3n2)CC1. The molecule has 1 aliphatic heterocycles. The van der Waals surface area contributed by atoms with Gasteiger partial charge in [-0.25, -0.2) is 18.7 Å². The molecule has 138 valence electrons. The number of hydrogen-bond donors (Lipinski definition) is 0. The third-order valence-electron chi connectivity index (χ3n) is 5.11. The molecule has 4 nitrogen and oxygen atoms in total. The van der Waals surface area contributed by atoms with E-state index < -0.39 is 11.6 Å². The highest BCUT2D eigenvalue weighted by Gasteiger charge is 2.25. The molecule has 2 aromatic heterocycles. The number of aromatic nitrogens is 2. The van der Waals surface area contributed by atoms with Crippen molar-refractivity contribution in [1.29, 1.82) is 0 Å². The van der Waals surface area contributed by atoms with E-state index in [2.05, 4.69) is 9.97 Å². The lowest BCUT2D eigenvalue weighted by Crippen LogP contribution is -2.39. The number of halogens is 2. The third kappa shape index (κ3) is 3.79. The normalized spacial score (nSPS) is 15.3. The van der Waals surface area contributed by atoms with E-state index in [0.717, 1.165) is 35.6 Å². The van der Waals surface area contributed by atoms with Gasteiger partial charge in [0.2, 0.25) is 5.91 Å². The second-order valence-corrected chi connectivity index (χ2v) is 6.85. The molecule has 0 aliphatic carbocycles. The molecule has 3 aromatic rings. The zero-order valence-corrected chi connectivity index (χ0v) is 14.7. The second kappa shape index (κ2) is 7.39. The first kappa shape index (κ1) is 17.5. The number of likely N-dealkylation sites (tertiary alicyclic amines) is 1. The number of hydrogen-bond acceptors (Lipinski definition) is 3. The summed E-state index contributed by atoms with van der Waals surface area (Å²) >= 11 is 0. The first-order chi connectivity index (χ1) is 13.1. The maximum Gasteiger partial charge on any atom is 0.227 e. The molecule has 0 bridgehead atoms. The van der Waals surface area contributed by atoms with E-state index >= 15 is 0 Å². The second-order valence-electron chi connectivity index (χ2n) is 6.85. The lowest BCUT2D eigenvalue weighted by Gasteiger charge is -2.32. The van der Waals surface area contributed by atoms with Crippen molar-refractivity contribution in [2.75, 3.05) is 13.1 Å². The van der Waals surface area contributed by atoms with Crippen molar-refractivity contribution in [2.45, 2.75) is 25.2 Å². The van der Waals surface area contributed by atoms with E-state index in [9.17, 15) is 13.6 Å². The van der Waals surface area contributed by atoms with Crippen LogP contribution in [0.25, 0.3) is 11.0 Å². The Morgan fingerprint density at radius 3 is 2.70 bits per heavy atom. The van der Waals surface area contributed by atoms with Gasteiger partial charge in [0.25, 0.3) is 0 Å². The first-order valence-corrected chi connectivity index (χ1v) is 9.03. The minimum atomic E-state index is -0.675. The van der Waals surface area contributed by atoms with Crippen molar-refractivity contribution in [3.05, 3.63) is 71.6 Å². The van der Waals surface area contributed by atoms with E-state index in [1.807, 2.05) is 24.3 Å². The quantitative estimate of drug-likeness (QED) is 0.706. The van der Waals surface area contributed by atoms with E-state index in [1.54, 1.807) is 11.1 Å². The summed E-state index contributed by atoms with van der Waals surface area (Å²) in [5.74, 6) is -1.16. The topological polar surface area (TPSA) is 46.1 Å². The fourth-order valence-corrected chi connectivity index (χ4v) is 3.56. The maximum atomic E-state index is 13.8. The molecule has 3 heterocycles. The van der Waals surface area contributed by atoms with Gasteiger partial charge in [0.1, 0.15) is 11.6 Å². The standard InChI is InChI=1S/C21H19F2N3O/c22-17-5-3-16(18(23)13-17)12-20(27)26-10-7-14(8-11-26)19-6-4-15-2-1-9-24-21(15)25-19/h1-6,9,13-14H,7-8,10-12H2. The fraction of sp³-hybridized carbons (Fsp3) is 0.286. The number of pyridine rings is 2. The molecule has 0 radical (unpaired) electrons. The molecular weight excluding hydrogens is 348 g/mol. The average Bonchev–Trinajstić information content (AvgIpc) is 2.70. The van der Waals surface area contributed by atoms with Crippen LogP contribution in [-0.4, -0.2) is 33.9 Å². The minimum absolute atomic E-state index is 0.0467. The number of carbonyl (C=O) groups is 1. The van der Waals surface area contributed by atoms with Crippen LogP contribution in [-0.2, 0) is 11.2 Å². The molecule has 1 fully saturated rings. The zero-order valence-electron chi connectivity index (χ0n) is 14.7. The fourth-order valence-electron chi connectivity index (χ4n) is 3.56. The van der Waals surface area contributed by atoms with Crippen molar-refractivity contribution in [1.82, 2.24) is 14.9 Å². The Bertz CT molecular complexity index is 984. The van der Waals surface area contributed by atoms with Gasteiger partial charge < -0.3 is 4.90 Å². The molecule has 0 spiro atoms. The third-order valence-corrected chi connectivity index (χ3v) is 5.11. The van der Waals surface area contributed by atoms with Crippen molar-refractivity contribution < 1.29 is 13.6 Å². The largest absolute Gasteiger partial charge is 0.342 e. The summed E-state index contributed by atoms with van der Waals surface area (Å²) in [6.07, 6.45) is 3.30. The Balaban J connectivity index is 1.39. The predicted molar refractivity (Wildman–Crippen MR) is 98.2 cm³/mol. The molecule has 1 amide bonds. The van der Waals surface area contributed by atoms with Crippen LogP contribution >= 0.6 is 0 Å². The van der Waals surface area contributed by atoms with Crippen molar-refractivity contribution in [2.24, 2.45) is 0 Å². The molecule has 0 atom stereocenters. The summed E-state index contributed by atoms with van der Waals surface area (Å²) in [6, 6.07) is 11.2. The molecule has 1 saturated heterocycles. The minimum Gasteiger partial charge on any atom is -0.342 e. The Labute approximate surface area is 155 Å². The maximum absolute atomic E-state index is 13.8. The van der Waals surface area contributed by atoms with Crippen LogP contribution in [0.4, 0.5) is 8.78 Å². The van der Waals surface area contributed by atoms with Crippen LogP contribution in [0.1, 0.15) is 30.0 Å².